The highest BCUT2D eigenvalue weighted by Gasteiger charge is 2.16. The first-order chi connectivity index (χ1) is 13.2. The van der Waals surface area contributed by atoms with E-state index in [1.807, 2.05) is 0 Å². The van der Waals surface area contributed by atoms with Crippen molar-refractivity contribution >= 4 is 27.3 Å². The molecule has 3 N–H and O–H groups in total. The molecule has 0 aliphatic rings. The number of carbonyl (C=O) groups is 1. The van der Waals surface area contributed by atoms with Gasteiger partial charge in [0.15, 0.2) is 0 Å². The number of aromatic hydroxyl groups is 1. The Balaban J connectivity index is 1.72. The monoisotopic (exact) mass is 400 g/mol. The van der Waals surface area contributed by atoms with Gasteiger partial charge in [0.25, 0.3) is 15.9 Å². The molecule has 0 fully saturated rings. The van der Waals surface area contributed by atoms with Gasteiger partial charge in [0, 0.05) is 16.9 Å². The summed E-state index contributed by atoms with van der Waals surface area (Å²) in [5.41, 5.74) is 1.33. The number of phenolic OH excluding ortho intramolecular Hbond substituents is 1. The minimum Gasteiger partial charge on any atom is -0.508 e. The fourth-order valence-electron chi connectivity index (χ4n) is 2.44. The van der Waals surface area contributed by atoms with E-state index in [0.29, 0.717) is 11.3 Å². The Morgan fingerprint density at radius 2 is 1.54 bits per heavy atom. The molecule has 0 spiro atoms. The van der Waals surface area contributed by atoms with Gasteiger partial charge in [0.05, 0.1) is 4.90 Å². The average molecular weight is 400 g/mol. The van der Waals surface area contributed by atoms with E-state index in [1.165, 1.54) is 55.5 Å². The molecule has 0 aliphatic heterocycles. The third-order valence-electron chi connectivity index (χ3n) is 3.96. The smallest absolute Gasteiger partial charge is 0.261 e. The Hall–Kier alpha value is -3.39. The van der Waals surface area contributed by atoms with Gasteiger partial charge in [-0.25, -0.2) is 12.8 Å². The number of hydrogen-bond acceptors (Lipinski definition) is 4. The molecule has 0 saturated carbocycles. The standard InChI is InChI=1S/C20H17FN2O4S/c1-13-12-18(10-11-19(13)21)28(26,27)23-16-4-2-14(3-5-16)20(25)22-15-6-8-17(24)9-7-15/h2-12,23-24H,1H3,(H,22,25). The summed E-state index contributed by atoms with van der Waals surface area (Å²) < 4.78 is 40.6. The third-order valence-corrected chi connectivity index (χ3v) is 5.34. The molecule has 0 bridgehead atoms. The predicted molar refractivity (Wildman–Crippen MR) is 104 cm³/mol. The lowest BCUT2D eigenvalue weighted by molar-refractivity contribution is 0.102. The van der Waals surface area contributed by atoms with Crippen LogP contribution in [0.4, 0.5) is 15.8 Å². The zero-order chi connectivity index (χ0) is 20.3. The van der Waals surface area contributed by atoms with E-state index in [0.717, 1.165) is 6.07 Å². The molecular weight excluding hydrogens is 383 g/mol. The number of sulfonamides is 1. The largest absolute Gasteiger partial charge is 0.508 e. The molecule has 0 saturated heterocycles. The number of phenols is 1. The van der Waals surface area contributed by atoms with Crippen LogP contribution in [0.3, 0.4) is 0 Å². The Labute approximate surface area is 161 Å². The van der Waals surface area contributed by atoms with Crippen LogP contribution in [0.1, 0.15) is 15.9 Å². The highest BCUT2D eigenvalue weighted by atomic mass is 32.2. The summed E-state index contributed by atoms with van der Waals surface area (Å²) in [7, 11) is -3.88. The van der Waals surface area contributed by atoms with Crippen molar-refractivity contribution in [1.29, 1.82) is 0 Å². The van der Waals surface area contributed by atoms with E-state index in [1.54, 1.807) is 12.1 Å². The van der Waals surface area contributed by atoms with Gasteiger partial charge < -0.3 is 10.4 Å². The topological polar surface area (TPSA) is 95.5 Å². The van der Waals surface area contributed by atoms with E-state index in [2.05, 4.69) is 10.0 Å². The normalized spacial score (nSPS) is 11.1. The Kier molecular flexibility index (Phi) is 5.32. The van der Waals surface area contributed by atoms with E-state index in [4.69, 9.17) is 0 Å². The van der Waals surface area contributed by atoms with Gasteiger partial charge in [-0.05, 0) is 79.2 Å². The average Bonchev–Trinajstić information content (AvgIpc) is 2.66. The SMILES string of the molecule is Cc1cc(S(=O)(=O)Nc2ccc(C(=O)Nc3ccc(O)cc3)cc2)ccc1F. The van der Waals surface area contributed by atoms with E-state index < -0.39 is 15.8 Å². The maximum atomic E-state index is 13.3. The van der Waals surface area contributed by atoms with Crippen molar-refractivity contribution < 1.29 is 22.7 Å². The number of carbonyl (C=O) groups excluding carboxylic acids is 1. The lowest BCUT2D eigenvalue weighted by atomic mass is 10.2. The van der Waals surface area contributed by atoms with E-state index in [-0.39, 0.29) is 27.8 Å². The van der Waals surface area contributed by atoms with Gasteiger partial charge in [-0.3, -0.25) is 9.52 Å². The van der Waals surface area contributed by atoms with Crippen molar-refractivity contribution in [3.8, 4) is 5.75 Å². The number of hydrogen-bond donors (Lipinski definition) is 3. The first-order valence-corrected chi connectivity index (χ1v) is 9.72. The first kappa shape index (κ1) is 19.4. The van der Waals surface area contributed by atoms with Crippen LogP contribution in [0.25, 0.3) is 0 Å². The van der Waals surface area contributed by atoms with E-state index in [9.17, 15) is 22.7 Å². The highest BCUT2D eigenvalue weighted by Crippen LogP contribution is 2.20. The maximum Gasteiger partial charge on any atom is 0.261 e. The fraction of sp³-hybridized carbons (Fsp3) is 0.0500. The maximum absolute atomic E-state index is 13.3. The molecule has 3 aromatic rings. The van der Waals surface area contributed by atoms with E-state index >= 15 is 0 Å². The summed E-state index contributed by atoms with van der Waals surface area (Å²) in [6.07, 6.45) is 0. The molecular formula is C20H17FN2O4S. The molecule has 8 heteroatoms. The lowest BCUT2D eigenvalue weighted by Gasteiger charge is -2.10. The summed E-state index contributed by atoms with van der Waals surface area (Å²) in [6.45, 7) is 1.48. The quantitative estimate of drug-likeness (QED) is 0.566. The zero-order valence-electron chi connectivity index (χ0n) is 14.8. The molecule has 1 amide bonds. The Bertz CT molecular complexity index is 1110. The van der Waals surface area contributed by atoms with Crippen LogP contribution in [-0.4, -0.2) is 19.4 Å². The number of rotatable bonds is 5. The predicted octanol–water partition coefficient (Wildman–Crippen LogP) is 3.89. The third kappa shape index (κ3) is 4.47. The van der Waals surface area contributed by atoms with Gasteiger partial charge in [-0.1, -0.05) is 0 Å². The minimum atomic E-state index is -3.88. The number of anilines is 2. The molecule has 28 heavy (non-hydrogen) atoms. The van der Waals surface area contributed by atoms with Crippen LogP contribution >= 0.6 is 0 Å². The summed E-state index contributed by atoms with van der Waals surface area (Å²) in [5, 5.41) is 11.9. The van der Waals surface area contributed by atoms with Crippen molar-refractivity contribution in [3.63, 3.8) is 0 Å². The minimum absolute atomic E-state index is 0.0550. The van der Waals surface area contributed by atoms with Crippen molar-refractivity contribution in [3.05, 3.63) is 83.7 Å². The highest BCUT2D eigenvalue weighted by molar-refractivity contribution is 7.92. The van der Waals surface area contributed by atoms with Crippen LogP contribution in [0.5, 0.6) is 5.75 Å². The van der Waals surface area contributed by atoms with Crippen LogP contribution in [-0.2, 0) is 10.0 Å². The summed E-state index contributed by atoms with van der Waals surface area (Å²) in [5.74, 6) is -0.775. The molecule has 3 rings (SSSR count). The summed E-state index contributed by atoms with van der Waals surface area (Å²) >= 11 is 0. The molecule has 0 aromatic heterocycles. The molecule has 0 heterocycles. The fourth-order valence-corrected chi connectivity index (χ4v) is 3.58. The number of benzene rings is 3. The van der Waals surface area contributed by atoms with Crippen molar-refractivity contribution in [2.45, 2.75) is 11.8 Å². The molecule has 0 unspecified atom stereocenters. The summed E-state index contributed by atoms with van der Waals surface area (Å²) in [6, 6.07) is 15.4. The number of amides is 1. The van der Waals surface area contributed by atoms with Crippen LogP contribution in [0.15, 0.2) is 71.6 Å². The Morgan fingerprint density at radius 1 is 0.929 bits per heavy atom. The second-order valence-electron chi connectivity index (χ2n) is 6.09. The molecule has 3 aromatic carbocycles. The van der Waals surface area contributed by atoms with Crippen LogP contribution in [0, 0.1) is 12.7 Å². The lowest BCUT2D eigenvalue weighted by Crippen LogP contribution is -2.14. The number of nitrogens with one attached hydrogen (secondary N) is 2. The van der Waals surface area contributed by atoms with Crippen LogP contribution in [0.2, 0.25) is 0 Å². The van der Waals surface area contributed by atoms with Crippen molar-refractivity contribution in [2.75, 3.05) is 10.0 Å². The summed E-state index contributed by atoms with van der Waals surface area (Å²) in [4.78, 5) is 12.2. The number of aryl methyl sites for hydroxylation is 1. The molecule has 144 valence electrons. The second kappa shape index (κ2) is 7.69. The molecule has 0 atom stereocenters. The van der Waals surface area contributed by atoms with Gasteiger partial charge in [-0.2, -0.15) is 0 Å². The Morgan fingerprint density at radius 3 is 2.14 bits per heavy atom. The number of halogens is 1. The zero-order valence-corrected chi connectivity index (χ0v) is 15.6. The van der Waals surface area contributed by atoms with Crippen molar-refractivity contribution in [2.24, 2.45) is 0 Å². The molecule has 0 radical (unpaired) electrons. The second-order valence-corrected chi connectivity index (χ2v) is 7.78. The van der Waals surface area contributed by atoms with Crippen LogP contribution < -0.4 is 10.0 Å². The van der Waals surface area contributed by atoms with Gasteiger partial charge in [-0.15, -0.1) is 0 Å². The molecule has 6 nitrogen and oxygen atoms in total. The van der Waals surface area contributed by atoms with Gasteiger partial charge in [0.1, 0.15) is 11.6 Å². The van der Waals surface area contributed by atoms with Crippen molar-refractivity contribution in [1.82, 2.24) is 0 Å². The van der Waals surface area contributed by atoms with Gasteiger partial charge in [0.2, 0.25) is 0 Å². The molecule has 0 aliphatic carbocycles. The first-order valence-electron chi connectivity index (χ1n) is 8.24. The van der Waals surface area contributed by atoms with Gasteiger partial charge >= 0.3 is 0 Å².